The number of ketones is 1. The SMILES string of the molecule is C=C(/C=C(C)\C(=C/C)c1cc2cnc(N)cc2cc1C#N)C(=O)CC. The summed E-state index contributed by atoms with van der Waals surface area (Å²) in [7, 11) is 0. The van der Waals surface area contributed by atoms with Crippen molar-refractivity contribution in [2.24, 2.45) is 0 Å². The number of pyridine rings is 1. The van der Waals surface area contributed by atoms with Gasteiger partial charge in [-0.05, 0) is 54.7 Å². The van der Waals surface area contributed by atoms with Gasteiger partial charge in [-0.1, -0.05) is 19.6 Å². The Morgan fingerprint density at radius 1 is 1.36 bits per heavy atom. The minimum Gasteiger partial charge on any atom is -0.384 e. The molecule has 25 heavy (non-hydrogen) atoms. The van der Waals surface area contributed by atoms with Gasteiger partial charge in [0.15, 0.2) is 5.78 Å². The van der Waals surface area contributed by atoms with Crippen LogP contribution in [0.3, 0.4) is 0 Å². The summed E-state index contributed by atoms with van der Waals surface area (Å²) in [5, 5.41) is 11.3. The number of allylic oxidation sites excluding steroid dienone is 5. The van der Waals surface area contributed by atoms with Crippen molar-refractivity contribution in [1.29, 1.82) is 5.26 Å². The molecule has 0 aliphatic rings. The lowest BCUT2D eigenvalue weighted by atomic mass is 9.91. The Kier molecular flexibility index (Phi) is 5.51. The van der Waals surface area contributed by atoms with Crippen molar-refractivity contribution in [3.05, 3.63) is 65.4 Å². The molecule has 0 bridgehead atoms. The van der Waals surface area contributed by atoms with E-state index < -0.39 is 0 Å². The van der Waals surface area contributed by atoms with Crippen LogP contribution >= 0.6 is 0 Å². The minimum atomic E-state index is 0.00787. The van der Waals surface area contributed by atoms with Crippen molar-refractivity contribution in [1.82, 2.24) is 4.98 Å². The van der Waals surface area contributed by atoms with E-state index in [2.05, 4.69) is 17.6 Å². The number of rotatable bonds is 5. The second-order valence-corrected chi connectivity index (χ2v) is 5.80. The van der Waals surface area contributed by atoms with Crippen molar-refractivity contribution in [2.45, 2.75) is 27.2 Å². The van der Waals surface area contributed by atoms with Crippen molar-refractivity contribution in [3.63, 3.8) is 0 Å². The standard InChI is InChI=1S/C21H21N3O/c1-5-18(13(3)7-14(4)20(25)6-2)19-9-17-12-24-21(23)10-15(17)8-16(19)11-22/h5,7-10,12H,4,6H2,1-3H3,(H2,23,24)/b13-7-,18-5+. The average Bonchev–Trinajstić information content (AvgIpc) is 2.60. The van der Waals surface area contributed by atoms with Crippen LogP contribution in [0.1, 0.15) is 38.3 Å². The lowest BCUT2D eigenvalue weighted by molar-refractivity contribution is -0.114. The highest BCUT2D eigenvalue weighted by Gasteiger charge is 2.12. The molecule has 1 heterocycles. The third-order valence-electron chi connectivity index (χ3n) is 4.07. The van der Waals surface area contributed by atoms with Crippen molar-refractivity contribution < 1.29 is 4.79 Å². The van der Waals surface area contributed by atoms with Gasteiger partial charge in [-0.3, -0.25) is 4.79 Å². The quantitative estimate of drug-likeness (QED) is 0.642. The molecule has 1 aromatic heterocycles. The molecule has 2 aromatic rings. The summed E-state index contributed by atoms with van der Waals surface area (Å²) in [6.07, 6.45) is 5.82. The number of fused-ring (bicyclic) bond motifs is 1. The smallest absolute Gasteiger partial charge is 0.162 e. The number of hydrogen-bond acceptors (Lipinski definition) is 4. The number of carbonyl (C=O) groups is 1. The van der Waals surface area contributed by atoms with E-state index in [0.717, 1.165) is 27.5 Å². The van der Waals surface area contributed by atoms with Crippen LogP contribution < -0.4 is 5.73 Å². The van der Waals surface area contributed by atoms with Crippen LogP contribution in [0.5, 0.6) is 0 Å². The highest BCUT2D eigenvalue weighted by molar-refractivity contribution is 5.99. The first-order valence-corrected chi connectivity index (χ1v) is 8.08. The van der Waals surface area contributed by atoms with E-state index in [1.54, 1.807) is 18.3 Å². The number of anilines is 1. The molecule has 0 aliphatic heterocycles. The summed E-state index contributed by atoms with van der Waals surface area (Å²) >= 11 is 0. The summed E-state index contributed by atoms with van der Waals surface area (Å²) < 4.78 is 0. The molecule has 0 unspecified atom stereocenters. The van der Waals surface area contributed by atoms with E-state index in [1.807, 2.05) is 39.0 Å². The normalized spacial score (nSPS) is 12.1. The molecule has 0 saturated carbocycles. The van der Waals surface area contributed by atoms with E-state index in [0.29, 0.717) is 23.4 Å². The summed E-state index contributed by atoms with van der Waals surface area (Å²) in [6.45, 7) is 9.46. The van der Waals surface area contributed by atoms with E-state index in [9.17, 15) is 10.1 Å². The topological polar surface area (TPSA) is 79.8 Å². The lowest BCUT2D eigenvalue weighted by Gasteiger charge is -2.12. The number of nitrogens with zero attached hydrogens (tertiary/aromatic N) is 2. The van der Waals surface area contributed by atoms with Gasteiger partial charge in [0.1, 0.15) is 5.82 Å². The molecule has 0 spiro atoms. The monoisotopic (exact) mass is 331 g/mol. The third-order valence-corrected chi connectivity index (χ3v) is 4.07. The zero-order chi connectivity index (χ0) is 18.6. The maximum Gasteiger partial charge on any atom is 0.162 e. The molecule has 2 N–H and O–H groups in total. The highest BCUT2D eigenvalue weighted by atomic mass is 16.1. The summed E-state index contributed by atoms with van der Waals surface area (Å²) in [4.78, 5) is 15.9. The Balaban J connectivity index is 2.59. The van der Waals surface area contributed by atoms with Gasteiger partial charge in [-0.2, -0.15) is 5.26 Å². The number of carbonyl (C=O) groups excluding carboxylic acids is 1. The first-order valence-electron chi connectivity index (χ1n) is 8.08. The van der Waals surface area contributed by atoms with Crippen LogP contribution in [-0.2, 0) is 4.79 Å². The largest absolute Gasteiger partial charge is 0.384 e. The minimum absolute atomic E-state index is 0.00787. The fourth-order valence-electron chi connectivity index (χ4n) is 2.77. The van der Waals surface area contributed by atoms with Gasteiger partial charge in [0.2, 0.25) is 0 Å². The summed E-state index contributed by atoms with van der Waals surface area (Å²) in [5.74, 6) is 0.425. The summed E-state index contributed by atoms with van der Waals surface area (Å²) in [6, 6.07) is 7.73. The Morgan fingerprint density at radius 2 is 2.08 bits per heavy atom. The van der Waals surface area contributed by atoms with Gasteiger partial charge < -0.3 is 5.73 Å². The molecule has 4 heteroatoms. The number of hydrogen-bond donors (Lipinski definition) is 1. The lowest BCUT2D eigenvalue weighted by Crippen LogP contribution is -1.99. The molecule has 0 fully saturated rings. The first-order chi connectivity index (χ1) is 11.9. The van der Waals surface area contributed by atoms with E-state index in [1.165, 1.54) is 0 Å². The van der Waals surface area contributed by atoms with Gasteiger partial charge >= 0.3 is 0 Å². The Labute approximate surface area is 148 Å². The van der Waals surface area contributed by atoms with Crippen molar-refractivity contribution in [2.75, 3.05) is 5.73 Å². The van der Waals surface area contributed by atoms with Crippen LogP contribution in [0.25, 0.3) is 16.3 Å². The number of nitrogens with two attached hydrogens (primary N) is 1. The average molecular weight is 331 g/mol. The molecular weight excluding hydrogens is 310 g/mol. The van der Waals surface area contributed by atoms with Crippen LogP contribution in [0.2, 0.25) is 0 Å². The van der Waals surface area contributed by atoms with Crippen LogP contribution in [0.4, 0.5) is 5.82 Å². The predicted octanol–water partition coefficient (Wildman–Crippen LogP) is 4.57. The number of benzene rings is 1. The Bertz CT molecular complexity index is 959. The second kappa shape index (κ2) is 7.59. The Hall–Kier alpha value is -3.19. The zero-order valence-corrected chi connectivity index (χ0v) is 14.8. The van der Waals surface area contributed by atoms with E-state index >= 15 is 0 Å². The maximum absolute atomic E-state index is 11.8. The molecule has 1 aromatic carbocycles. The van der Waals surface area contributed by atoms with Gasteiger partial charge in [0.05, 0.1) is 11.6 Å². The van der Waals surface area contributed by atoms with Gasteiger partial charge in [-0.15, -0.1) is 0 Å². The van der Waals surface area contributed by atoms with E-state index in [-0.39, 0.29) is 5.78 Å². The number of Topliss-reactive ketones (excluding diaryl/α,β-unsaturated/α-hetero) is 1. The fourth-order valence-corrected chi connectivity index (χ4v) is 2.77. The first kappa shape index (κ1) is 18.2. The summed E-state index contributed by atoms with van der Waals surface area (Å²) in [5.41, 5.74) is 9.31. The zero-order valence-electron chi connectivity index (χ0n) is 14.8. The van der Waals surface area contributed by atoms with Gasteiger partial charge in [0, 0.05) is 29.1 Å². The number of aromatic nitrogens is 1. The fraction of sp³-hybridized carbons (Fsp3) is 0.190. The molecule has 0 radical (unpaired) electrons. The Morgan fingerprint density at radius 3 is 2.68 bits per heavy atom. The molecular formula is C21H21N3O. The second-order valence-electron chi connectivity index (χ2n) is 5.80. The molecule has 0 aliphatic carbocycles. The molecule has 4 nitrogen and oxygen atoms in total. The van der Waals surface area contributed by atoms with Gasteiger partial charge in [-0.25, -0.2) is 4.98 Å². The highest BCUT2D eigenvalue weighted by Crippen LogP contribution is 2.30. The van der Waals surface area contributed by atoms with Gasteiger partial charge in [0.25, 0.3) is 0 Å². The third kappa shape index (κ3) is 3.84. The molecule has 0 atom stereocenters. The molecule has 126 valence electrons. The van der Waals surface area contributed by atoms with Crippen LogP contribution in [-0.4, -0.2) is 10.8 Å². The van der Waals surface area contributed by atoms with Crippen LogP contribution in [0, 0.1) is 11.3 Å². The van der Waals surface area contributed by atoms with Crippen molar-refractivity contribution in [3.8, 4) is 6.07 Å². The number of nitrogen functional groups attached to an aromatic ring is 1. The van der Waals surface area contributed by atoms with Crippen molar-refractivity contribution >= 4 is 27.9 Å². The van der Waals surface area contributed by atoms with Crippen LogP contribution in [0.15, 0.2) is 54.3 Å². The van der Waals surface area contributed by atoms with E-state index in [4.69, 9.17) is 5.73 Å². The predicted molar refractivity (Wildman–Crippen MR) is 103 cm³/mol. The maximum atomic E-state index is 11.8. The molecule has 0 amide bonds. The molecule has 2 rings (SSSR count). The molecule has 0 saturated heterocycles. The number of nitriles is 1.